The fourth-order valence-corrected chi connectivity index (χ4v) is 3.32. The Morgan fingerprint density at radius 3 is 2.40 bits per heavy atom. The van der Waals surface area contributed by atoms with Crippen LogP contribution in [0.2, 0.25) is 0 Å². The van der Waals surface area contributed by atoms with Crippen molar-refractivity contribution in [1.82, 2.24) is 4.90 Å². The van der Waals surface area contributed by atoms with Gasteiger partial charge in [0.15, 0.2) is 0 Å². The molecule has 2 saturated heterocycles. The average Bonchev–Trinajstić information content (AvgIpc) is 3.03. The minimum absolute atomic E-state index is 0.187. The lowest BCUT2D eigenvalue weighted by Gasteiger charge is -2.24. The summed E-state index contributed by atoms with van der Waals surface area (Å²) < 4.78 is 0. The van der Waals surface area contributed by atoms with Crippen molar-refractivity contribution in [2.75, 3.05) is 31.6 Å². The molecule has 0 aliphatic carbocycles. The minimum atomic E-state index is 0.187. The number of anilines is 1. The first-order valence-electron chi connectivity index (χ1n) is 7.72. The highest BCUT2D eigenvalue weighted by Gasteiger charge is 2.34. The van der Waals surface area contributed by atoms with Crippen LogP contribution in [0.15, 0.2) is 29.3 Å². The van der Waals surface area contributed by atoms with Gasteiger partial charge in [0.25, 0.3) is 0 Å². The summed E-state index contributed by atoms with van der Waals surface area (Å²) >= 11 is 0. The normalized spacial score (nSPS) is 23.9. The molecule has 2 heterocycles. The van der Waals surface area contributed by atoms with Crippen molar-refractivity contribution in [3.8, 4) is 0 Å². The predicted octanol–water partition coefficient (Wildman–Crippen LogP) is 3.68. The van der Waals surface area contributed by atoms with Gasteiger partial charge in [-0.3, -0.25) is 0 Å². The lowest BCUT2D eigenvalue weighted by molar-refractivity contribution is 0.511. The summed E-state index contributed by atoms with van der Waals surface area (Å²) in [4.78, 5) is 9.82. The van der Waals surface area contributed by atoms with E-state index in [1.807, 2.05) is 0 Å². The van der Waals surface area contributed by atoms with Crippen LogP contribution in [0.3, 0.4) is 0 Å². The van der Waals surface area contributed by atoms with E-state index < -0.39 is 0 Å². The first kappa shape index (κ1) is 13.5. The molecular formula is C17H25N3. The fourth-order valence-electron chi connectivity index (χ4n) is 3.32. The number of benzene rings is 1. The number of aliphatic imine (C=N–C) groups is 1. The van der Waals surface area contributed by atoms with E-state index in [9.17, 15) is 0 Å². The number of hydrogen-bond donors (Lipinski definition) is 0. The number of rotatable bonds is 2. The molecule has 0 unspecified atom stereocenters. The molecule has 0 N–H and O–H groups in total. The van der Waals surface area contributed by atoms with Crippen LogP contribution in [0, 0.1) is 5.41 Å². The van der Waals surface area contributed by atoms with E-state index in [1.54, 1.807) is 0 Å². The van der Waals surface area contributed by atoms with E-state index in [1.165, 1.54) is 43.9 Å². The lowest BCUT2D eigenvalue weighted by atomic mass is 9.91. The van der Waals surface area contributed by atoms with Crippen LogP contribution in [-0.4, -0.2) is 37.4 Å². The molecule has 0 spiro atoms. The summed E-state index contributed by atoms with van der Waals surface area (Å²) in [7, 11) is 2.16. The van der Waals surface area contributed by atoms with Gasteiger partial charge in [-0.25, -0.2) is 4.99 Å². The SMILES string of the molecule is CN1CCC(C)(C)/C1=N\c1ccccc1N1CCCC1. The lowest BCUT2D eigenvalue weighted by Crippen LogP contribution is -2.28. The number of para-hydroxylation sites is 2. The van der Waals surface area contributed by atoms with E-state index >= 15 is 0 Å². The van der Waals surface area contributed by atoms with Gasteiger partial charge in [0.05, 0.1) is 11.4 Å². The Labute approximate surface area is 122 Å². The third-order valence-electron chi connectivity index (χ3n) is 4.59. The highest BCUT2D eigenvalue weighted by atomic mass is 15.2. The van der Waals surface area contributed by atoms with Crippen molar-refractivity contribution in [1.29, 1.82) is 0 Å². The molecule has 0 amide bonds. The van der Waals surface area contributed by atoms with Gasteiger partial charge in [0.1, 0.15) is 5.84 Å². The molecule has 2 aliphatic rings. The van der Waals surface area contributed by atoms with Crippen molar-refractivity contribution >= 4 is 17.2 Å². The second-order valence-electron chi connectivity index (χ2n) is 6.67. The van der Waals surface area contributed by atoms with Crippen LogP contribution in [0.25, 0.3) is 0 Å². The third kappa shape index (κ3) is 2.41. The Morgan fingerprint density at radius 2 is 1.75 bits per heavy atom. The molecule has 0 bridgehead atoms. The molecular weight excluding hydrogens is 246 g/mol. The summed E-state index contributed by atoms with van der Waals surface area (Å²) in [6, 6.07) is 8.59. The molecule has 20 heavy (non-hydrogen) atoms. The van der Waals surface area contributed by atoms with Gasteiger partial charge in [-0.1, -0.05) is 26.0 Å². The smallest absolute Gasteiger partial charge is 0.110 e. The minimum Gasteiger partial charge on any atom is -0.370 e. The highest BCUT2D eigenvalue weighted by molar-refractivity contribution is 5.92. The van der Waals surface area contributed by atoms with Gasteiger partial charge < -0.3 is 9.80 Å². The molecule has 3 rings (SSSR count). The monoisotopic (exact) mass is 271 g/mol. The Kier molecular flexibility index (Phi) is 3.45. The molecule has 1 aromatic carbocycles. The summed E-state index contributed by atoms with van der Waals surface area (Å²) in [6.07, 6.45) is 3.79. The molecule has 2 fully saturated rings. The largest absolute Gasteiger partial charge is 0.370 e. The second-order valence-corrected chi connectivity index (χ2v) is 6.67. The number of hydrogen-bond acceptors (Lipinski definition) is 2. The zero-order valence-electron chi connectivity index (χ0n) is 12.9. The van der Waals surface area contributed by atoms with Crippen molar-refractivity contribution in [2.45, 2.75) is 33.1 Å². The average molecular weight is 271 g/mol. The Balaban J connectivity index is 1.98. The Bertz CT molecular complexity index is 513. The van der Waals surface area contributed by atoms with Gasteiger partial charge in [-0.2, -0.15) is 0 Å². The zero-order chi connectivity index (χ0) is 14.2. The van der Waals surface area contributed by atoms with Gasteiger partial charge in [0, 0.05) is 32.1 Å². The molecule has 3 heteroatoms. The Morgan fingerprint density at radius 1 is 1.05 bits per heavy atom. The number of nitrogens with zero attached hydrogens (tertiary/aromatic N) is 3. The number of likely N-dealkylation sites (tertiary alicyclic amines) is 1. The van der Waals surface area contributed by atoms with Crippen LogP contribution in [-0.2, 0) is 0 Å². The van der Waals surface area contributed by atoms with Crippen LogP contribution < -0.4 is 4.90 Å². The summed E-state index contributed by atoms with van der Waals surface area (Å²) in [5.41, 5.74) is 2.62. The quantitative estimate of drug-likeness (QED) is 0.817. The maximum atomic E-state index is 5.04. The van der Waals surface area contributed by atoms with E-state index in [4.69, 9.17) is 4.99 Å². The fraction of sp³-hybridized carbons (Fsp3) is 0.588. The molecule has 3 nitrogen and oxygen atoms in total. The standard InChI is InChI=1S/C17H25N3/c1-17(2)10-13-19(3)16(17)18-14-8-4-5-9-15(14)20-11-6-7-12-20/h4-5,8-9H,6-7,10-13H2,1-3H3/b18-16+. The summed E-state index contributed by atoms with van der Waals surface area (Å²) in [6.45, 7) is 8.04. The van der Waals surface area contributed by atoms with Gasteiger partial charge in [-0.15, -0.1) is 0 Å². The van der Waals surface area contributed by atoms with Crippen LogP contribution in [0.4, 0.5) is 11.4 Å². The van der Waals surface area contributed by atoms with Gasteiger partial charge >= 0.3 is 0 Å². The molecule has 108 valence electrons. The van der Waals surface area contributed by atoms with Crippen LogP contribution >= 0.6 is 0 Å². The maximum Gasteiger partial charge on any atom is 0.110 e. The van der Waals surface area contributed by atoms with Crippen LogP contribution in [0.1, 0.15) is 33.1 Å². The summed E-state index contributed by atoms with van der Waals surface area (Å²) in [5, 5.41) is 0. The van der Waals surface area contributed by atoms with E-state index in [2.05, 4.69) is 55.0 Å². The van der Waals surface area contributed by atoms with E-state index in [0.717, 1.165) is 12.2 Å². The van der Waals surface area contributed by atoms with Gasteiger partial charge in [-0.05, 0) is 31.4 Å². The molecule has 0 aromatic heterocycles. The molecule has 0 atom stereocenters. The predicted molar refractivity (Wildman–Crippen MR) is 86.0 cm³/mol. The topological polar surface area (TPSA) is 18.8 Å². The maximum absolute atomic E-state index is 5.04. The van der Waals surface area contributed by atoms with Crippen molar-refractivity contribution in [2.24, 2.45) is 10.4 Å². The molecule has 0 saturated carbocycles. The van der Waals surface area contributed by atoms with Crippen LogP contribution in [0.5, 0.6) is 0 Å². The van der Waals surface area contributed by atoms with Crippen molar-refractivity contribution in [3.63, 3.8) is 0 Å². The number of amidine groups is 1. The molecule has 2 aliphatic heterocycles. The molecule has 1 aromatic rings. The highest BCUT2D eigenvalue weighted by Crippen LogP contribution is 2.36. The van der Waals surface area contributed by atoms with Crippen molar-refractivity contribution in [3.05, 3.63) is 24.3 Å². The zero-order valence-corrected chi connectivity index (χ0v) is 12.9. The van der Waals surface area contributed by atoms with Crippen molar-refractivity contribution < 1.29 is 0 Å². The second kappa shape index (κ2) is 5.12. The van der Waals surface area contributed by atoms with Gasteiger partial charge in [0.2, 0.25) is 0 Å². The van der Waals surface area contributed by atoms with E-state index in [-0.39, 0.29) is 5.41 Å². The Hall–Kier alpha value is -1.51. The van der Waals surface area contributed by atoms with E-state index in [0.29, 0.717) is 0 Å². The first-order chi connectivity index (χ1) is 9.58. The molecule has 0 radical (unpaired) electrons. The summed E-state index contributed by atoms with van der Waals surface area (Å²) in [5.74, 6) is 1.23. The first-order valence-corrected chi connectivity index (χ1v) is 7.72. The third-order valence-corrected chi connectivity index (χ3v) is 4.59.